The zero-order chi connectivity index (χ0) is 14.9. The number of nitrogens with zero attached hydrogens (tertiary/aromatic N) is 3. The molecule has 0 aliphatic carbocycles. The second-order valence-corrected chi connectivity index (χ2v) is 7.13. The molecule has 110 valence electrons. The predicted octanol–water partition coefficient (Wildman–Crippen LogP) is 2.66. The molecule has 21 heavy (non-hydrogen) atoms. The van der Waals surface area contributed by atoms with Gasteiger partial charge in [-0.3, -0.25) is 9.97 Å². The highest BCUT2D eigenvalue weighted by Crippen LogP contribution is 2.37. The van der Waals surface area contributed by atoms with Crippen LogP contribution < -0.4 is 0 Å². The standard InChI is InChI=1S/C14H14ClN3O2S/c15-12-5-8-17-10-14(12)21(19,20)18-9-1-2-13(18)11-3-6-16-7-4-11/h3-8,10,13H,1-2,9H2. The van der Waals surface area contributed by atoms with E-state index < -0.39 is 10.0 Å². The van der Waals surface area contributed by atoms with Gasteiger partial charge in [-0.2, -0.15) is 4.31 Å². The van der Waals surface area contributed by atoms with Gasteiger partial charge in [0.05, 0.1) is 11.1 Å². The highest BCUT2D eigenvalue weighted by molar-refractivity contribution is 7.89. The van der Waals surface area contributed by atoms with Crippen LogP contribution in [-0.4, -0.2) is 29.2 Å². The Labute approximate surface area is 128 Å². The summed E-state index contributed by atoms with van der Waals surface area (Å²) in [5.41, 5.74) is 0.950. The Hall–Kier alpha value is -1.50. The van der Waals surface area contributed by atoms with Crippen LogP contribution in [0.2, 0.25) is 5.02 Å². The number of aromatic nitrogens is 2. The molecule has 0 saturated carbocycles. The Kier molecular flexibility index (Phi) is 3.93. The van der Waals surface area contributed by atoms with Crippen LogP contribution >= 0.6 is 11.6 Å². The Morgan fingerprint density at radius 1 is 1.14 bits per heavy atom. The maximum Gasteiger partial charge on any atom is 0.246 e. The summed E-state index contributed by atoms with van der Waals surface area (Å²) in [7, 11) is -3.65. The highest BCUT2D eigenvalue weighted by Gasteiger charge is 2.37. The third-order valence-electron chi connectivity index (χ3n) is 3.62. The molecule has 1 aliphatic heterocycles. The fourth-order valence-electron chi connectivity index (χ4n) is 2.63. The molecule has 0 amide bonds. The van der Waals surface area contributed by atoms with Gasteiger partial charge in [0.15, 0.2) is 0 Å². The van der Waals surface area contributed by atoms with Crippen LogP contribution in [0.3, 0.4) is 0 Å². The average molecular weight is 324 g/mol. The minimum atomic E-state index is -3.65. The molecule has 1 fully saturated rings. The third kappa shape index (κ3) is 2.66. The van der Waals surface area contributed by atoms with Gasteiger partial charge in [0.25, 0.3) is 0 Å². The molecule has 5 nitrogen and oxygen atoms in total. The number of halogens is 1. The summed E-state index contributed by atoms with van der Waals surface area (Å²) in [6.45, 7) is 0.487. The monoisotopic (exact) mass is 323 g/mol. The van der Waals surface area contributed by atoms with Crippen LogP contribution in [0.4, 0.5) is 0 Å². The zero-order valence-electron chi connectivity index (χ0n) is 11.2. The van der Waals surface area contributed by atoms with Crippen molar-refractivity contribution in [2.45, 2.75) is 23.8 Å². The quantitative estimate of drug-likeness (QED) is 0.871. The highest BCUT2D eigenvalue weighted by atomic mass is 35.5. The first-order valence-corrected chi connectivity index (χ1v) is 8.44. The normalized spacial score (nSPS) is 19.8. The van der Waals surface area contributed by atoms with E-state index >= 15 is 0 Å². The maximum atomic E-state index is 12.8. The fourth-order valence-corrected chi connectivity index (χ4v) is 4.72. The lowest BCUT2D eigenvalue weighted by atomic mass is 10.1. The SMILES string of the molecule is O=S(=O)(c1cnccc1Cl)N1CCCC1c1ccncc1. The first kappa shape index (κ1) is 14.4. The molecule has 2 aromatic rings. The molecule has 0 radical (unpaired) electrons. The van der Waals surface area contributed by atoms with E-state index in [-0.39, 0.29) is 16.0 Å². The van der Waals surface area contributed by atoms with E-state index in [1.165, 1.54) is 22.8 Å². The molecule has 2 aromatic heterocycles. The smallest absolute Gasteiger partial charge is 0.246 e. The number of rotatable bonds is 3. The van der Waals surface area contributed by atoms with E-state index in [0.29, 0.717) is 6.54 Å². The first-order chi connectivity index (χ1) is 10.1. The fraction of sp³-hybridized carbons (Fsp3) is 0.286. The minimum absolute atomic E-state index is 0.0626. The van der Waals surface area contributed by atoms with Crippen molar-refractivity contribution >= 4 is 21.6 Å². The number of pyridine rings is 2. The van der Waals surface area contributed by atoms with Gasteiger partial charge in [0, 0.05) is 31.3 Å². The lowest BCUT2D eigenvalue weighted by Crippen LogP contribution is -2.31. The Balaban J connectivity index is 2.01. The summed E-state index contributed by atoms with van der Waals surface area (Å²) in [6.07, 6.45) is 7.75. The molecular weight excluding hydrogens is 310 g/mol. The third-order valence-corrected chi connectivity index (χ3v) is 5.99. The number of sulfonamides is 1. The molecule has 0 aromatic carbocycles. The topological polar surface area (TPSA) is 63.2 Å². The molecule has 7 heteroatoms. The van der Waals surface area contributed by atoms with Gasteiger partial charge in [0.1, 0.15) is 4.90 Å². The van der Waals surface area contributed by atoms with E-state index in [2.05, 4.69) is 9.97 Å². The molecule has 1 aliphatic rings. The van der Waals surface area contributed by atoms with Gasteiger partial charge < -0.3 is 0 Å². The first-order valence-electron chi connectivity index (χ1n) is 6.62. The van der Waals surface area contributed by atoms with E-state index in [4.69, 9.17) is 11.6 Å². The Morgan fingerprint density at radius 2 is 1.86 bits per heavy atom. The predicted molar refractivity (Wildman–Crippen MR) is 79.4 cm³/mol. The molecule has 0 bridgehead atoms. The van der Waals surface area contributed by atoms with Gasteiger partial charge in [-0.15, -0.1) is 0 Å². The summed E-state index contributed by atoms with van der Waals surface area (Å²) in [5, 5.41) is 0.199. The second kappa shape index (κ2) is 5.71. The van der Waals surface area contributed by atoms with Crippen LogP contribution in [0.25, 0.3) is 0 Å². The van der Waals surface area contributed by atoms with Crippen molar-refractivity contribution in [3.05, 3.63) is 53.6 Å². The van der Waals surface area contributed by atoms with Gasteiger partial charge in [-0.05, 0) is 36.6 Å². The molecule has 1 saturated heterocycles. The second-order valence-electron chi connectivity index (χ2n) is 4.86. The lowest BCUT2D eigenvalue weighted by molar-refractivity contribution is 0.396. The Morgan fingerprint density at radius 3 is 2.57 bits per heavy atom. The molecule has 0 N–H and O–H groups in total. The summed E-state index contributed by atoms with van der Waals surface area (Å²) >= 11 is 6.03. The lowest BCUT2D eigenvalue weighted by Gasteiger charge is -2.24. The Bertz CT molecular complexity index is 737. The van der Waals surface area contributed by atoms with E-state index in [1.54, 1.807) is 12.4 Å². The van der Waals surface area contributed by atoms with Crippen LogP contribution in [0, 0.1) is 0 Å². The van der Waals surface area contributed by atoms with Crippen molar-refractivity contribution in [3.63, 3.8) is 0 Å². The van der Waals surface area contributed by atoms with Crippen molar-refractivity contribution in [1.29, 1.82) is 0 Å². The van der Waals surface area contributed by atoms with Gasteiger partial charge in [-0.25, -0.2) is 8.42 Å². The van der Waals surface area contributed by atoms with Crippen LogP contribution in [0.1, 0.15) is 24.4 Å². The summed E-state index contributed by atoms with van der Waals surface area (Å²) in [5.74, 6) is 0. The largest absolute Gasteiger partial charge is 0.265 e. The van der Waals surface area contributed by atoms with Crippen molar-refractivity contribution in [2.24, 2.45) is 0 Å². The van der Waals surface area contributed by atoms with Crippen LogP contribution in [-0.2, 0) is 10.0 Å². The number of hydrogen-bond donors (Lipinski definition) is 0. The van der Waals surface area contributed by atoms with Crippen LogP contribution in [0.5, 0.6) is 0 Å². The molecular formula is C14H14ClN3O2S. The van der Waals surface area contributed by atoms with E-state index in [9.17, 15) is 8.42 Å². The van der Waals surface area contributed by atoms with Crippen molar-refractivity contribution in [3.8, 4) is 0 Å². The van der Waals surface area contributed by atoms with Crippen molar-refractivity contribution in [1.82, 2.24) is 14.3 Å². The molecule has 3 rings (SSSR count). The molecule has 1 atom stereocenters. The molecule has 0 spiro atoms. The van der Waals surface area contributed by atoms with Gasteiger partial charge in [-0.1, -0.05) is 11.6 Å². The molecule has 3 heterocycles. The van der Waals surface area contributed by atoms with Crippen molar-refractivity contribution in [2.75, 3.05) is 6.54 Å². The summed E-state index contributed by atoms with van der Waals surface area (Å²) in [6, 6.07) is 5.02. The number of hydrogen-bond acceptors (Lipinski definition) is 4. The maximum absolute atomic E-state index is 12.8. The van der Waals surface area contributed by atoms with Gasteiger partial charge in [0.2, 0.25) is 10.0 Å². The van der Waals surface area contributed by atoms with E-state index in [1.807, 2.05) is 12.1 Å². The van der Waals surface area contributed by atoms with Gasteiger partial charge >= 0.3 is 0 Å². The van der Waals surface area contributed by atoms with Crippen LogP contribution in [0.15, 0.2) is 47.9 Å². The minimum Gasteiger partial charge on any atom is -0.265 e. The summed E-state index contributed by atoms with van der Waals surface area (Å²) < 4.78 is 27.2. The molecule has 1 unspecified atom stereocenters. The van der Waals surface area contributed by atoms with E-state index in [0.717, 1.165) is 18.4 Å². The van der Waals surface area contributed by atoms with Crippen molar-refractivity contribution < 1.29 is 8.42 Å². The zero-order valence-corrected chi connectivity index (χ0v) is 12.8. The average Bonchev–Trinajstić information content (AvgIpc) is 2.99. The summed E-state index contributed by atoms with van der Waals surface area (Å²) in [4.78, 5) is 7.92.